The first-order valence-electron chi connectivity index (χ1n) is 6.49. The highest BCUT2D eigenvalue weighted by molar-refractivity contribution is 6.04. The number of hydrogen-bond donors (Lipinski definition) is 1. The van der Waals surface area contributed by atoms with Gasteiger partial charge >= 0.3 is 5.97 Å². The van der Waals surface area contributed by atoms with Crippen LogP contribution in [0.3, 0.4) is 0 Å². The number of rotatable bonds is 6. The fourth-order valence-electron chi connectivity index (χ4n) is 1.94. The molecule has 5 heteroatoms. The molecule has 0 amide bonds. The third-order valence-electron chi connectivity index (χ3n) is 2.86. The molecule has 0 fully saturated rings. The predicted molar refractivity (Wildman–Crippen MR) is 75.3 cm³/mol. The van der Waals surface area contributed by atoms with Gasteiger partial charge in [0.05, 0.1) is 12.2 Å². The number of benzene rings is 1. The van der Waals surface area contributed by atoms with Crippen molar-refractivity contribution < 1.29 is 19.4 Å². The van der Waals surface area contributed by atoms with Crippen LogP contribution in [0.4, 0.5) is 0 Å². The number of pyridine rings is 1. The number of aromatic carboxylic acids is 1. The van der Waals surface area contributed by atoms with E-state index in [9.17, 15) is 9.90 Å². The van der Waals surface area contributed by atoms with E-state index in [0.29, 0.717) is 29.9 Å². The van der Waals surface area contributed by atoms with Crippen molar-refractivity contribution in [1.82, 2.24) is 4.98 Å². The van der Waals surface area contributed by atoms with Crippen LogP contribution in [0.1, 0.15) is 24.2 Å². The summed E-state index contributed by atoms with van der Waals surface area (Å²) in [5, 5.41) is 10.5. The van der Waals surface area contributed by atoms with E-state index < -0.39 is 5.97 Å². The summed E-state index contributed by atoms with van der Waals surface area (Å²) in [6, 6.07) is 7.18. The van der Waals surface area contributed by atoms with E-state index in [1.807, 2.05) is 19.9 Å². The molecule has 1 aromatic heterocycles. The SMILES string of the molecule is CCOCC(C)Oc1ncc(C(=O)O)c2ccccc12. The van der Waals surface area contributed by atoms with E-state index in [4.69, 9.17) is 9.47 Å². The fraction of sp³-hybridized carbons (Fsp3) is 0.333. The number of hydrogen-bond acceptors (Lipinski definition) is 4. The van der Waals surface area contributed by atoms with Crippen LogP contribution in [0.2, 0.25) is 0 Å². The summed E-state index contributed by atoms with van der Waals surface area (Å²) >= 11 is 0. The monoisotopic (exact) mass is 275 g/mol. The standard InChI is InChI=1S/C15H17NO4/c1-3-19-9-10(2)20-14-12-7-5-4-6-11(12)13(8-16-14)15(17)18/h4-8,10H,3,9H2,1-2H3,(H,17,18). The minimum Gasteiger partial charge on any atom is -0.478 e. The van der Waals surface area contributed by atoms with Crippen LogP contribution in [-0.4, -0.2) is 35.4 Å². The molecule has 5 nitrogen and oxygen atoms in total. The third kappa shape index (κ3) is 3.05. The van der Waals surface area contributed by atoms with Crippen LogP contribution in [0.5, 0.6) is 5.88 Å². The van der Waals surface area contributed by atoms with Gasteiger partial charge in [0.15, 0.2) is 0 Å². The van der Waals surface area contributed by atoms with Crippen molar-refractivity contribution in [2.45, 2.75) is 20.0 Å². The minimum absolute atomic E-state index is 0.151. The molecule has 0 aliphatic carbocycles. The highest BCUT2D eigenvalue weighted by Crippen LogP contribution is 2.26. The Morgan fingerprint density at radius 2 is 2.05 bits per heavy atom. The topological polar surface area (TPSA) is 68.7 Å². The Labute approximate surface area is 117 Å². The average molecular weight is 275 g/mol. The molecule has 20 heavy (non-hydrogen) atoms. The summed E-state index contributed by atoms with van der Waals surface area (Å²) in [5.74, 6) is -0.569. The van der Waals surface area contributed by atoms with Gasteiger partial charge in [-0.3, -0.25) is 0 Å². The summed E-state index contributed by atoms with van der Waals surface area (Å²) in [6.45, 7) is 4.90. The molecule has 106 valence electrons. The second-order valence-electron chi connectivity index (χ2n) is 4.42. The summed E-state index contributed by atoms with van der Waals surface area (Å²) < 4.78 is 11.0. The Morgan fingerprint density at radius 1 is 1.35 bits per heavy atom. The van der Waals surface area contributed by atoms with Crippen LogP contribution in [0, 0.1) is 0 Å². The quantitative estimate of drug-likeness (QED) is 0.877. The summed E-state index contributed by atoms with van der Waals surface area (Å²) in [6.07, 6.45) is 1.18. The molecular formula is C15H17NO4. The maximum atomic E-state index is 11.2. The van der Waals surface area contributed by atoms with Crippen molar-refractivity contribution in [2.24, 2.45) is 0 Å². The maximum Gasteiger partial charge on any atom is 0.337 e. The molecule has 1 heterocycles. The van der Waals surface area contributed by atoms with Crippen LogP contribution in [0.15, 0.2) is 30.5 Å². The molecule has 0 saturated heterocycles. The van der Waals surface area contributed by atoms with Crippen molar-refractivity contribution in [3.63, 3.8) is 0 Å². The molecule has 0 radical (unpaired) electrons. The zero-order valence-corrected chi connectivity index (χ0v) is 11.5. The Morgan fingerprint density at radius 3 is 2.70 bits per heavy atom. The molecule has 0 saturated carbocycles. The number of carboxylic acids is 1. The van der Waals surface area contributed by atoms with Gasteiger partial charge in [-0.2, -0.15) is 0 Å². The predicted octanol–water partition coefficient (Wildman–Crippen LogP) is 2.74. The fourth-order valence-corrected chi connectivity index (χ4v) is 1.94. The van der Waals surface area contributed by atoms with Gasteiger partial charge in [-0.25, -0.2) is 9.78 Å². The van der Waals surface area contributed by atoms with Gasteiger partial charge in [-0.05, 0) is 19.9 Å². The first-order chi connectivity index (χ1) is 9.63. The van der Waals surface area contributed by atoms with Crippen molar-refractivity contribution in [1.29, 1.82) is 0 Å². The molecule has 1 aromatic carbocycles. The van der Waals surface area contributed by atoms with E-state index in [1.165, 1.54) is 6.20 Å². The van der Waals surface area contributed by atoms with Gasteiger partial charge in [0, 0.05) is 23.6 Å². The number of aromatic nitrogens is 1. The Bertz CT molecular complexity index is 612. The summed E-state index contributed by atoms with van der Waals surface area (Å²) in [4.78, 5) is 15.3. The van der Waals surface area contributed by atoms with Crippen LogP contribution >= 0.6 is 0 Å². The number of fused-ring (bicyclic) bond motifs is 1. The van der Waals surface area contributed by atoms with Gasteiger partial charge in [-0.1, -0.05) is 18.2 Å². The largest absolute Gasteiger partial charge is 0.478 e. The highest BCUT2D eigenvalue weighted by atomic mass is 16.5. The lowest BCUT2D eigenvalue weighted by Crippen LogP contribution is -2.20. The normalized spacial score (nSPS) is 12.3. The van der Waals surface area contributed by atoms with E-state index in [1.54, 1.807) is 18.2 Å². The molecule has 0 spiro atoms. The first-order valence-corrected chi connectivity index (χ1v) is 6.49. The maximum absolute atomic E-state index is 11.2. The Kier molecular flexibility index (Phi) is 4.53. The summed E-state index contributed by atoms with van der Waals surface area (Å²) in [5.41, 5.74) is 0.172. The molecular weight excluding hydrogens is 258 g/mol. The van der Waals surface area contributed by atoms with Gasteiger partial charge in [-0.15, -0.1) is 0 Å². The molecule has 0 bridgehead atoms. The molecule has 1 N–H and O–H groups in total. The molecule has 1 unspecified atom stereocenters. The van der Waals surface area contributed by atoms with Gasteiger partial charge < -0.3 is 14.6 Å². The van der Waals surface area contributed by atoms with Gasteiger partial charge in [0.1, 0.15) is 6.10 Å². The zero-order chi connectivity index (χ0) is 14.5. The van der Waals surface area contributed by atoms with Crippen molar-refractivity contribution in [2.75, 3.05) is 13.2 Å². The third-order valence-corrected chi connectivity index (χ3v) is 2.86. The number of carbonyl (C=O) groups is 1. The molecule has 0 aliphatic heterocycles. The van der Waals surface area contributed by atoms with Crippen LogP contribution in [0.25, 0.3) is 10.8 Å². The van der Waals surface area contributed by atoms with Gasteiger partial charge in [0.2, 0.25) is 5.88 Å². The van der Waals surface area contributed by atoms with E-state index >= 15 is 0 Å². The van der Waals surface area contributed by atoms with Crippen molar-refractivity contribution >= 4 is 16.7 Å². The number of ether oxygens (including phenoxy) is 2. The molecule has 1 atom stereocenters. The highest BCUT2D eigenvalue weighted by Gasteiger charge is 2.14. The van der Waals surface area contributed by atoms with Crippen molar-refractivity contribution in [3.8, 4) is 5.88 Å². The lowest BCUT2D eigenvalue weighted by molar-refractivity contribution is 0.0640. The van der Waals surface area contributed by atoms with Crippen LogP contribution in [-0.2, 0) is 4.74 Å². The lowest BCUT2D eigenvalue weighted by atomic mass is 10.1. The van der Waals surface area contributed by atoms with E-state index in [0.717, 1.165) is 0 Å². The van der Waals surface area contributed by atoms with E-state index in [2.05, 4.69) is 4.98 Å². The molecule has 0 aliphatic rings. The zero-order valence-electron chi connectivity index (χ0n) is 11.5. The summed E-state index contributed by atoms with van der Waals surface area (Å²) in [7, 11) is 0. The van der Waals surface area contributed by atoms with Gasteiger partial charge in [0.25, 0.3) is 0 Å². The molecule has 2 aromatic rings. The second kappa shape index (κ2) is 6.34. The van der Waals surface area contributed by atoms with E-state index in [-0.39, 0.29) is 11.7 Å². The smallest absolute Gasteiger partial charge is 0.337 e. The Hall–Kier alpha value is -2.14. The molecule has 2 rings (SSSR count). The lowest BCUT2D eigenvalue weighted by Gasteiger charge is -2.15. The number of carboxylic acid groups (broad SMARTS) is 1. The minimum atomic E-state index is -0.998. The average Bonchev–Trinajstić information content (AvgIpc) is 2.45. The Balaban J connectivity index is 2.35. The second-order valence-corrected chi connectivity index (χ2v) is 4.42. The number of nitrogens with zero attached hydrogens (tertiary/aromatic N) is 1. The first kappa shape index (κ1) is 14.3. The van der Waals surface area contributed by atoms with Crippen LogP contribution < -0.4 is 4.74 Å². The van der Waals surface area contributed by atoms with Crippen molar-refractivity contribution in [3.05, 3.63) is 36.0 Å².